The minimum atomic E-state index is -0.460. The van der Waals surface area contributed by atoms with Gasteiger partial charge in [0.25, 0.3) is 11.7 Å². The van der Waals surface area contributed by atoms with E-state index in [9.17, 15) is 9.59 Å². The van der Waals surface area contributed by atoms with Crippen LogP contribution in [-0.2, 0) is 4.79 Å². The second-order valence-electron chi connectivity index (χ2n) is 6.67. The highest BCUT2D eigenvalue weighted by Gasteiger charge is 2.30. The number of piperidine rings is 1. The lowest BCUT2D eigenvalue weighted by molar-refractivity contribution is -0.128. The fourth-order valence-corrected chi connectivity index (χ4v) is 3.52. The van der Waals surface area contributed by atoms with Gasteiger partial charge in [-0.25, -0.2) is 0 Å². The number of amides is 1. The smallest absolute Gasteiger partial charge is 0.295 e. The van der Waals surface area contributed by atoms with E-state index >= 15 is 0 Å². The third kappa shape index (κ3) is 3.40. The standard InChI is InChI=1S/C20H20N4O3/c1-13-18(15-5-2-3-6-16(15)22-13)19(25)20(26)24-11-8-14(9-12-24)27-17-7-4-10-21-23-17/h2-7,10,14,22H,8-9,11-12H2,1H3. The van der Waals surface area contributed by atoms with Crippen molar-refractivity contribution in [3.05, 3.63) is 53.9 Å². The van der Waals surface area contributed by atoms with Crippen LogP contribution < -0.4 is 4.74 Å². The number of aromatic amines is 1. The summed E-state index contributed by atoms with van der Waals surface area (Å²) >= 11 is 0. The first-order valence-corrected chi connectivity index (χ1v) is 8.99. The summed E-state index contributed by atoms with van der Waals surface area (Å²) in [5.74, 6) is -0.438. The summed E-state index contributed by atoms with van der Waals surface area (Å²) in [7, 11) is 0. The number of hydrogen-bond acceptors (Lipinski definition) is 5. The van der Waals surface area contributed by atoms with Crippen LogP contribution in [0.1, 0.15) is 28.9 Å². The first kappa shape index (κ1) is 17.2. The van der Waals surface area contributed by atoms with Crippen molar-refractivity contribution in [2.45, 2.75) is 25.9 Å². The third-order valence-electron chi connectivity index (χ3n) is 4.88. The maximum absolute atomic E-state index is 12.9. The zero-order valence-electron chi connectivity index (χ0n) is 15.0. The molecule has 1 aliphatic rings. The van der Waals surface area contributed by atoms with Crippen molar-refractivity contribution in [3.63, 3.8) is 0 Å². The second-order valence-corrected chi connectivity index (χ2v) is 6.67. The van der Waals surface area contributed by atoms with E-state index in [4.69, 9.17) is 4.74 Å². The monoisotopic (exact) mass is 364 g/mol. The molecule has 27 heavy (non-hydrogen) atoms. The number of nitrogens with zero attached hydrogens (tertiary/aromatic N) is 3. The molecule has 2 aromatic heterocycles. The van der Waals surface area contributed by atoms with E-state index in [1.54, 1.807) is 23.2 Å². The van der Waals surface area contributed by atoms with Crippen LogP contribution in [0.25, 0.3) is 10.9 Å². The number of ketones is 1. The molecule has 0 atom stereocenters. The summed E-state index contributed by atoms with van der Waals surface area (Å²) in [6.07, 6.45) is 2.87. The van der Waals surface area contributed by atoms with Crippen molar-refractivity contribution < 1.29 is 14.3 Å². The van der Waals surface area contributed by atoms with Crippen LogP contribution in [0.15, 0.2) is 42.6 Å². The van der Waals surface area contributed by atoms with E-state index in [1.165, 1.54) is 0 Å². The quantitative estimate of drug-likeness (QED) is 0.568. The second kappa shape index (κ2) is 7.19. The van der Waals surface area contributed by atoms with Gasteiger partial charge < -0.3 is 14.6 Å². The highest BCUT2D eigenvalue weighted by atomic mass is 16.5. The van der Waals surface area contributed by atoms with E-state index in [2.05, 4.69) is 15.2 Å². The van der Waals surface area contributed by atoms with Gasteiger partial charge in [-0.1, -0.05) is 18.2 Å². The lowest BCUT2D eigenvalue weighted by Gasteiger charge is -2.31. The Kier molecular flexibility index (Phi) is 4.58. The van der Waals surface area contributed by atoms with Crippen molar-refractivity contribution in [2.24, 2.45) is 0 Å². The minimum Gasteiger partial charge on any atom is -0.473 e. The Morgan fingerprint density at radius 2 is 1.93 bits per heavy atom. The highest BCUT2D eigenvalue weighted by Crippen LogP contribution is 2.24. The van der Waals surface area contributed by atoms with E-state index in [-0.39, 0.29) is 6.10 Å². The summed E-state index contributed by atoms with van der Waals surface area (Å²) in [6, 6.07) is 11.1. The van der Waals surface area contributed by atoms with Gasteiger partial charge in [0, 0.05) is 54.8 Å². The molecule has 0 bridgehead atoms. The van der Waals surface area contributed by atoms with Gasteiger partial charge in [-0.05, 0) is 19.1 Å². The number of hydrogen-bond donors (Lipinski definition) is 1. The van der Waals surface area contributed by atoms with Gasteiger partial charge in [0.1, 0.15) is 6.10 Å². The van der Waals surface area contributed by atoms with Crippen LogP contribution in [0.5, 0.6) is 5.88 Å². The van der Waals surface area contributed by atoms with Crippen molar-refractivity contribution in [2.75, 3.05) is 13.1 Å². The van der Waals surface area contributed by atoms with Crippen LogP contribution in [-0.4, -0.2) is 51.0 Å². The van der Waals surface area contributed by atoms with Crippen molar-refractivity contribution in [3.8, 4) is 5.88 Å². The molecule has 0 aliphatic carbocycles. The normalized spacial score (nSPS) is 15.1. The molecule has 7 heteroatoms. The number of Topliss-reactive ketones (excluding diaryl/α,β-unsaturated/α-hetero) is 1. The molecule has 3 aromatic rings. The zero-order valence-corrected chi connectivity index (χ0v) is 15.0. The van der Waals surface area contributed by atoms with Gasteiger partial charge in [-0.3, -0.25) is 9.59 Å². The average Bonchev–Trinajstić information content (AvgIpc) is 3.04. The molecular weight excluding hydrogens is 344 g/mol. The van der Waals surface area contributed by atoms with Crippen LogP contribution in [0, 0.1) is 6.92 Å². The molecule has 3 heterocycles. The molecule has 7 nitrogen and oxygen atoms in total. The molecular formula is C20H20N4O3. The van der Waals surface area contributed by atoms with Gasteiger partial charge in [0.15, 0.2) is 0 Å². The number of ether oxygens (including phenoxy) is 1. The zero-order chi connectivity index (χ0) is 18.8. The largest absolute Gasteiger partial charge is 0.473 e. The number of benzene rings is 1. The summed E-state index contributed by atoms with van der Waals surface area (Å²) in [5, 5.41) is 8.49. The predicted molar refractivity (Wildman–Crippen MR) is 99.6 cm³/mol. The van der Waals surface area contributed by atoms with Crippen LogP contribution in [0.3, 0.4) is 0 Å². The molecule has 138 valence electrons. The predicted octanol–water partition coefficient (Wildman–Crippen LogP) is 2.52. The van der Waals surface area contributed by atoms with E-state index < -0.39 is 11.7 Å². The highest BCUT2D eigenvalue weighted by molar-refractivity contribution is 6.45. The van der Waals surface area contributed by atoms with Gasteiger partial charge in [0.2, 0.25) is 5.88 Å². The Balaban J connectivity index is 1.43. The fraction of sp³-hybridized carbons (Fsp3) is 0.300. The maximum Gasteiger partial charge on any atom is 0.295 e. The SMILES string of the molecule is Cc1[nH]c2ccccc2c1C(=O)C(=O)N1CCC(Oc2cccnn2)CC1. The molecule has 1 amide bonds. The Hall–Kier alpha value is -3.22. The number of carbonyl (C=O) groups is 2. The van der Waals surface area contributed by atoms with Gasteiger partial charge >= 0.3 is 0 Å². The molecule has 0 spiro atoms. The lowest BCUT2D eigenvalue weighted by atomic mass is 10.0. The summed E-state index contributed by atoms with van der Waals surface area (Å²) in [6.45, 7) is 2.79. The van der Waals surface area contributed by atoms with Crippen LogP contribution in [0.4, 0.5) is 0 Å². The Morgan fingerprint density at radius 3 is 2.67 bits per heavy atom. The minimum absolute atomic E-state index is 0.0318. The maximum atomic E-state index is 12.9. The number of aromatic nitrogens is 3. The van der Waals surface area contributed by atoms with Gasteiger partial charge in [-0.2, -0.15) is 5.10 Å². The molecule has 1 aromatic carbocycles. The lowest BCUT2D eigenvalue weighted by Crippen LogP contribution is -2.44. The number of aryl methyl sites for hydroxylation is 1. The number of likely N-dealkylation sites (tertiary alicyclic amines) is 1. The van der Waals surface area contributed by atoms with Gasteiger partial charge in [0.05, 0.1) is 5.56 Å². The van der Waals surface area contributed by atoms with E-state index in [0.717, 1.165) is 16.6 Å². The number of para-hydroxylation sites is 1. The molecule has 4 rings (SSSR count). The molecule has 0 unspecified atom stereocenters. The summed E-state index contributed by atoms with van der Waals surface area (Å²) in [5.41, 5.74) is 2.05. The molecule has 1 N–H and O–H groups in total. The van der Waals surface area contributed by atoms with Crippen molar-refractivity contribution in [1.82, 2.24) is 20.1 Å². The molecule has 1 aliphatic heterocycles. The molecule has 0 radical (unpaired) electrons. The van der Waals surface area contributed by atoms with Crippen molar-refractivity contribution in [1.29, 1.82) is 0 Å². The van der Waals surface area contributed by atoms with Crippen LogP contribution in [0.2, 0.25) is 0 Å². The number of fused-ring (bicyclic) bond motifs is 1. The summed E-state index contributed by atoms with van der Waals surface area (Å²) in [4.78, 5) is 30.4. The Bertz CT molecular complexity index is 975. The van der Waals surface area contributed by atoms with Crippen LogP contribution >= 0.6 is 0 Å². The first-order valence-electron chi connectivity index (χ1n) is 8.99. The van der Waals surface area contributed by atoms with Gasteiger partial charge in [-0.15, -0.1) is 5.10 Å². The van der Waals surface area contributed by atoms with E-state index in [0.29, 0.717) is 37.4 Å². The molecule has 1 saturated heterocycles. The fourth-order valence-electron chi connectivity index (χ4n) is 3.52. The number of nitrogens with one attached hydrogen (secondary N) is 1. The van der Waals surface area contributed by atoms with Crippen molar-refractivity contribution >= 4 is 22.6 Å². The number of H-pyrrole nitrogens is 1. The average molecular weight is 364 g/mol. The topological polar surface area (TPSA) is 88.2 Å². The Labute approximate surface area is 156 Å². The van der Waals surface area contributed by atoms with E-state index in [1.807, 2.05) is 31.2 Å². The molecule has 0 saturated carbocycles. The Morgan fingerprint density at radius 1 is 1.15 bits per heavy atom. The summed E-state index contributed by atoms with van der Waals surface area (Å²) < 4.78 is 5.79. The molecule has 1 fully saturated rings. The first-order chi connectivity index (χ1) is 13.1. The number of carbonyl (C=O) groups excluding carboxylic acids is 2. The number of rotatable bonds is 4. The third-order valence-corrected chi connectivity index (χ3v) is 4.88.